The van der Waals surface area contributed by atoms with Crippen LogP contribution in [0.15, 0.2) is 84.4 Å². The second kappa shape index (κ2) is 11.8. The minimum Gasteiger partial charge on any atom is -0.355 e. The summed E-state index contributed by atoms with van der Waals surface area (Å²) in [5.74, 6) is 1.08. The van der Waals surface area contributed by atoms with Crippen molar-refractivity contribution in [2.45, 2.75) is 12.5 Å². The van der Waals surface area contributed by atoms with Gasteiger partial charge in [-0.25, -0.2) is 9.97 Å². The van der Waals surface area contributed by atoms with Crippen LogP contribution in [-0.2, 0) is 0 Å². The highest BCUT2D eigenvalue weighted by Gasteiger charge is 2.22. The third-order valence-corrected chi connectivity index (χ3v) is 5.44. The fraction of sp³-hybridized carbons (Fsp3) is 0.208. The topological polar surface area (TPSA) is 58.1 Å². The zero-order valence-corrected chi connectivity index (χ0v) is 17.8. The highest BCUT2D eigenvalue weighted by Crippen LogP contribution is 2.23. The van der Waals surface area contributed by atoms with Gasteiger partial charge in [0.1, 0.15) is 22.5 Å². The van der Waals surface area contributed by atoms with E-state index in [9.17, 15) is 4.79 Å². The van der Waals surface area contributed by atoms with Gasteiger partial charge in [-0.3, -0.25) is 4.79 Å². The molecule has 0 bridgehead atoms. The molecule has 1 atom stereocenters. The molecule has 1 N–H and O–H groups in total. The van der Waals surface area contributed by atoms with Gasteiger partial charge in [-0.05, 0) is 25.6 Å². The molecule has 4 aromatic rings. The Morgan fingerprint density at radius 3 is 2.23 bits per heavy atom. The van der Waals surface area contributed by atoms with Gasteiger partial charge in [-0.1, -0.05) is 66.7 Å². The molecule has 0 aliphatic carbocycles. The van der Waals surface area contributed by atoms with Crippen LogP contribution >= 0.6 is 11.3 Å². The fourth-order valence-corrected chi connectivity index (χ4v) is 3.69. The molecule has 0 spiro atoms. The molecule has 0 saturated carbocycles. The van der Waals surface area contributed by atoms with E-state index in [0.717, 1.165) is 41.1 Å². The minimum absolute atomic E-state index is 0.596. The first-order valence-corrected chi connectivity index (χ1v) is 10.8. The zero-order valence-electron chi connectivity index (χ0n) is 17.0. The number of nitrogens with zero attached hydrogens (tertiary/aromatic N) is 3. The number of likely N-dealkylation sites (N-methyl/N-ethyl adjacent to an activating group) is 1. The van der Waals surface area contributed by atoms with E-state index in [1.165, 1.54) is 6.42 Å². The number of anilines is 1. The van der Waals surface area contributed by atoms with Crippen molar-refractivity contribution in [1.82, 2.24) is 15.3 Å². The molecule has 1 aliphatic heterocycles. The number of hydrogen-bond acceptors (Lipinski definition) is 6. The van der Waals surface area contributed by atoms with Gasteiger partial charge in [0.25, 0.3) is 0 Å². The Hall–Kier alpha value is -3.09. The number of aldehydes is 1. The summed E-state index contributed by atoms with van der Waals surface area (Å²) in [6.07, 6.45) is 2.03. The third-order valence-electron chi connectivity index (χ3n) is 4.70. The molecule has 154 valence electrons. The second-order valence-electron chi connectivity index (χ2n) is 6.75. The van der Waals surface area contributed by atoms with Crippen molar-refractivity contribution in [2.24, 2.45) is 0 Å². The van der Waals surface area contributed by atoms with Crippen molar-refractivity contribution >= 4 is 33.8 Å². The largest absolute Gasteiger partial charge is 0.355 e. The molecule has 1 aliphatic rings. The number of fused-ring (bicyclic) bond motifs is 1. The number of benzene rings is 2. The number of nitrogens with one attached hydrogen (secondary N) is 1. The van der Waals surface area contributed by atoms with Crippen LogP contribution in [0.25, 0.3) is 10.3 Å². The Kier molecular flexibility index (Phi) is 8.50. The Bertz CT molecular complexity index is 981. The average molecular weight is 419 g/mol. The van der Waals surface area contributed by atoms with Gasteiger partial charge < -0.3 is 10.2 Å². The molecule has 30 heavy (non-hydrogen) atoms. The van der Waals surface area contributed by atoms with E-state index in [2.05, 4.69) is 32.3 Å². The van der Waals surface area contributed by atoms with E-state index in [0.29, 0.717) is 6.04 Å². The first kappa shape index (κ1) is 21.6. The number of aromatic nitrogens is 2. The van der Waals surface area contributed by atoms with Crippen molar-refractivity contribution in [1.29, 1.82) is 0 Å². The maximum atomic E-state index is 10.0. The van der Waals surface area contributed by atoms with Crippen molar-refractivity contribution in [3.8, 4) is 0 Å². The normalized spacial score (nSPS) is 15.0. The van der Waals surface area contributed by atoms with Crippen LogP contribution in [-0.4, -0.2) is 42.4 Å². The van der Waals surface area contributed by atoms with Crippen LogP contribution in [0.3, 0.4) is 0 Å². The summed E-state index contributed by atoms with van der Waals surface area (Å²) in [5.41, 5.74) is 3.58. The third kappa shape index (κ3) is 6.47. The van der Waals surface area contributed by atoms with Crippen LogP contribution in [0.2, 0.25) is 0 Å². The molecule has 6 heteroatoms. The predicted molar refractivity (Wildman–Crippen MR) is 125 cm³/mol. The smallest absolute Gasteiger partial charge is 0.150 e. The predicted octanol–water partition coefficient (Wildman–Crippen LogP) is 4.68. The maximum Gasteiger partial charge on any atom is 0.150 e. The lowest BCUT2D eigenvalue weighted by atomic mass is 10.2. The molecule has 5 nitrogen and oxygen atoms in total. The SMILES string of the molecule is CN[C@H]1CCN(c2ccc3ncsc3n2)C1.O=Cc1ccccc1.c1ccccc1. The Labute approximate surface area is 181 Å². The lowest BCUT2D eigenvalue weighted by molar-refractivity contribution is 0.112. The van der Waals surface area contributed by atoms with Gasteiger partial charge in [0.15, 0.2) is 0 Å². The van der Waals surface area contributed by atoms with Crippen LogP contribution < -0.4 is 10.2 Å². The molecule has 0 unspecified atom stereocenters. The number of rotatable bonds is 3. The monoisotopic (exact) mass is 418 g/mol. The molecule has 5 rings (SSSR count). The standard InChI is InChI=1S/C11H14N4S.C7H6O.C6H6/c1-12-8-4-5-15(6-8)10-3-2-9-11(14-10)16-7-13-9;8-6-7-4-2-1-3-5-7;1-2-4-6-5-3-1/h2-3,7-8,12H,4-6H2,1H3;1-6H;1-6H/t8-;;/m0../s1. The number of thiazole rings is 1. The molecular weight excluding hydrogens is 392 g/mol. The average Bonchev–Trinajstić information content (AvgIpc) is 3.50. The number of pyridine rings is 1. The number of hydrogen-bond donors (Lipinski definition) is 1. The highest BCUT2D eigenvalue weighted by atomic mass is 32.1. The van der Waals surface area contributed by atoms with Crippen molar-refractivity contribution in [3.63, 3.8) is 0 Å². The van der Waals surface area contributed by atoms with Crippen LogP contribution in [0.5, 0.6) is 0 Å². The summed E-state index contributed by atoms with van der Waals surface area (Å²) in [6, 6.07) is 25.8. The van der Waals surface area contributed by atoms with Crippen LogP contribution in [0.1, 0.15) is 16.8 Å². The van der Waals surface area contributed by atoms with E-state index in [1.807, 2.05) is 67.2 Å². The van der Waals surface area contributed by atoms with Crippen molar-refractivity contribution in [2.75, 3.05) is 25.0 Å². The quantitative estimate of drug-likeness (QED) is 0.490. The summed E-state index contributed by atoms with van der Waals surface area (Å²) in [6.45, 7) is 2.14. The van der Waals surface area contributed by atoms with Gasteiger partial charge >= 0.3 is 0 Å². The van der Waals surface area contributed by atoms with Gasteiger partial charge in [-0.15, -0.1) is 11.3 Å². The molecule has 2 aromatic carbocycles. The van der Waals surface area contributed by atoms with Crippen LogP contribution in [0.4, 0.5) is 5.82 Å². The van der Waals surface area contributed by atoms with E-state index >= 15 is 0 Å². The van der Waals surface area contributed by atoms with E-state index in [4.69, 9.17) is 0 Å². The minimum atomic E-state index is 0.596. The van der Waals surface area contributed by atoms with Gasteiger partial charge in [-0.2, -0.15) is 0 Å². The fourth-order valence-electron chi connectivity index (χ4n) is 3.04. The lowest BCUT2D eigenvalue weighted by Crippen LogP contribution is -2.29. The van der Waals surface area contributed by atoms with Crippen molar-refractivity contribution < 1.29 is 4.79 Å². The summed E-state index contributed by atoms with van der Waals surface area (Å²) in [4.78, 5) is 22.3. The van der Waals surface area contributed by atoms with Crippen LogP contribution in [0, 0.1) is 0 Å². The van der Waals surface area contributed by atoms with Gasteiger partial charge in [0.05, 0.1) is 5.51 Å². The molecule has 3 heterocycles. The Balaban J connectivity index is 0.000000152. The van der Waals surface area contributed by atoms with E-state index < -0.39 is 0 Å². The molecule has 1 fully saturated rings. The summed E-state index contributed by atoms with van der Waals surface area (Å²) >= 11 is 1.60. The van der Waals surface area contributed by atoms with Crippen molar-refractivity contribution in [3.05, 3.63) is 89.9 Å². The van der Waals surface area contributed by atoms with Gasteiger partial charge in [0.2, 0.25) is 0 Å². The lowest BCUT2D eigenvalue weighted by Gasteiger charge is -2.16. The highest BCUT2D eigenvalue weighted by molar-refractivity contribution is 7.16. The van der Waals surface area contributed by atoms with E-state index in [1.54, 1.807) is 23.5 Å². The number of carbonyl (C=O) groups is 1. The number of carbonyl (C=O) groups excluding carboxylic acids is 1. The summed E-state index contributed by atoms with van der Waals surface area (Å²) in [5, 5.41) is 3.32. The molecule has 2 aromatic heterocycles. The molecule has 1 saturated heterocycles. The maximum absolute atomic E-state index is 10.0. The molecule has 0 amide bonds. The Morgan fingerprint density at radius 2 is 1.67 bits per heavy atom. The van der Waals surface area contributed by atoms with E-state index in [-0.39, 0.29) is 0 Å². The summed E-state index contributed by atoms with van der Waals surface area (Å²) < 4.78 is 0. The molecular formula is C24H26N4OS. The first-order chi connectivity index (χ1) is 14.8. The first-order valence-electron chi connectivity index (χ1n) is 9.93. The molecule has 0 radical (unpaired) electrons. The zero-order chi connectivity index (χ0) is 21.0. The van der Waals surface area contributed by atoms with Gasteiger partial charge in [0, 0.05) is 24.7 Å². The Morgan fingerprint density at radius 1 is 1.00 bits per heavy atom. The second-order valence-corrected chi connectivity index (χ2v) is 7.58. The summed E-state index contributed by atoms with van der Waals surface area (Å²) in [7, 11) is 2.02.